The van der Waals surface area contributed by atoms with Gasteiger partial charge in [-0.25, -0.2) is 9.59 Å². The fourth-order valence-corrected chi connectivity index (χ4v) is 2.83. The number of carboxylic acids is 1. The van der Waals surface area contributed by atoms with E-state index >= 15 is 0 Å². The number of aldehydes is 1. The van der Waals surface area contributed by atoms with Crippen LogP contribution in [0.4, 0.5) is 0 Å². The van der Waals surface area contributed by atoms with Crippen LogP contribution in [0.3, 0.4) is 0 Å². The Labute approximate surface area is 181 Å². The van der Waals surface area contributed by atoms with Gasteiger partial charge in [0.25, 0.3) is 6.47 Å². The lowest BCUT2D eigenvalue weighted by Crippen LogP contribution is -2.10. The summed E-state index contributed by atoms with van der Waals surface area (Å²) in [5, 5.41) is 10.6. The second-order valence-electron chi connectivity index (χ2n) is 6.47. The highest BCUT2D eigenvalue weighted by molar-refractivity contribution is 5.97. The highest BCUT2D eigenvalue weighted by Gasteiger charge is 2.16. The fraction of sp³-hybridized carbons (Fsp3) is 0.0870. The molecule has 0 spiro atoms. The highest BCUT2D eigenvalue weighted by Crippen LogP contribution is 2.26. The molecular formula is C23H16O9. The summed E-state index contributed by atoms with van der Waals surface area (Å²) in [7, 11) is 0. The number of esters is 2. The molecular weight excluding hydrogens is 420 g/mol. The number of carboxylic acid groups (broad SMARTS) is 1. The standard InChI is InChI=1S/C23H16O9/c24-9-1-2-21(26)31-17-6-5-14-10-16(4-3-15(14)11-17)23(29)32-18-7-8-20(30-13-25)19(12-18)22(27)28/h3-13H,1-2H2,(H,27,28). The summed E-state index contributed by atoms with van der Waals surface area (Å²) in [5.41, 5.74) is -0.130. The van der Waals surface area contributed by atoms with Crippen LogP contribution in [0.25, 0.3) is 10.8 Å². The van der Waals surface area contributed by atoms with Gasteiger partial charge in [0.2, 0.25) is 0 Å². The first kappa shape index (κ1) is 22.2. The first-order valence-electron chi connectivity index (χ1n) is 9.29. The molecule has 0 aliphatic rings. The Morgan fingerprint density at radius 3 is 2.25 bits per heavy atom. The van der Waals surface area contributed by atoms with Gasteiger partial charge in [-0.15, -0.1) is 0 Å². The molecule has 0 bridgehead atoms. The number of carbonyl (C=O) groups excluding carboxylic acids is 4. The van der Waals surface area contributed by atoms with Gasteiger partial charge in [0.15, 0.2) is 0 Å². The number of aromatic carboxylic acids is 1. The predicted octanol–water partition coefficient (Wildman–Crippen LogP) is 3.18. The van der Waals surface area contributed by atoms with Crippen molar-refractivity contribution < 1.29 is 43.3 Å². The topological polar surface area (TPSA) is 133 Å². The van der Waals surface area contributed by atoms with E-state index in [4.69, 9.17) is 9.47 Å². The molecule has 1 N–H and O–H groups in total. The lowest BCUT2D eigenvalue weighted by molar-refractivity contribution is -0.135. The van der Waals surface area contributed by atoms with Crippen LogP contribution < -0.4 is 14.2 Å². The number of benzene rings is 3. The number of rotatable bonds is 9. The Bertz CT molecular complexity index is 1210. The Morgan fingerprint density at radius 2 is 1.53 bits per heavy atom. The zero-order valence-corrected chi connectivity index (χ0v) is 16.5. The van der Waals surface area contributed by atoms with Gasteiger partial charge in [-0.3, -0.25) is 9.59 Å². The summed E-state index contributed by atoms with van der Waals surface area (Å²) in [6, 6.07) is 13.1. The van der Waals surface area contributed by atoms with Crippen LogP contribution in [-0.2, 0) is 14.4 Å². The minimum Gasteiger partial charge on any atom is -0.478 e. The first-order chi connectivity index (χ1) is 15.4. The third-order valence-electron chi connectivity index (χ3n) is 4.31. The lowest BCUT2D eigenvalue weighted by atomic mass is 10.1. The van der Waals surface area contributed by atoms with E-state index in [0.29, 0.717) is 22.8 Å². The smallest absolute Gasteiger partial charge is 0.343 e. The minimum atomic E-state index is -1.35. The van der Waals surface area contributed by atoms with Crippen molar-refractivity contribution in [3.63, 3.8) is 0 Å². The summed E-state index contributed by atoms with van der Waals surface area (Å²) in [5.74, 6) is -2.52. The van der Waals surface area contributed by atoms with E-state index in [1.165, 1.54) is 18.2 Å². The van der Waals surface area contributed by atoms with Crippen molar-refractivity contribution in [2.45, 2.75) is 12.8 Å². The maximum absolute atomic E-state index is 12.5. The van der Waals surface area contributed by atoms with Crippen LogP contribution >= 0.6 is 0 Å². The Morgan fingerprint density at radius 1 is 0.844 bits per heavy atom. The van der Waals surface area contributed by atoms with Gasteiger partial charge in [-0.05, 0) is 53.2 Å². The molecule has 9 nitrogen and oxygen atoms in total. The third kappa shape index (κ3) is 5.33. The molecule has 0 atom stereocenters. The van der Waals surface area contributed by atoms with Gasteiger partial charge in [0.1, 0.15) is 29.1 Å². The van der Waals surface area contributed by atoms with E-state index in [9.17, 15) is 29.1 Å². The molecule has 0 aliphatic heterocycles. The van der Waals surface area contributed by atoms with E-state index in [0.717, 1.165) is 6.07 Å². The van der Waals surface area contributed by atoms with Crippen LogP contribution in [0.5, 0.6) is 17.2 Å². The largest absolute Gasteiger partial charge is 0.478 e. The second-order valence-corrected chi connectivity index (χ2v) is 6.47. The van der Waals surface area contributed by atoms with E-state index < -0.39 is 17.9 Å². The van der Waals surface area contributed by atoms with Crippen molar-refractivity contribution in [1.29, 1.82) is 0 Å². The van der Waals surface area contributed by atoms with E-state index in [2.05, 4.69) is 4.74 Å². The van der Waals surface area contributed by atoms with Gasteiger partial charge in [-0.2, -0.15) is 0 Å². The Kier molecular flexibility index (Phi) is 6.92. The van der Waals surface area contributed by atoms with Crippen LogP contribution in [0.1, 0.15) is 33.6 Å². The quantitative estimate of drug-likeness (QED) is 0.305. The molecule has 3 aromatic carbocycles. The first-order valence-corrected chi connectivity index (χ1v) is 9.29. The summed E-state index contributed by atoms with van der Waals surface area (Å²) in [6.07, 6.45) is 0.703. The minimum absolute atomic E-state index is 0.0157. The van der Waals surface area contributed by atoms with E-state index in [1.54, 1.807) is 30.3 Å². The van der Waals surface area contributed by atoms with Crippen molar-refractivity contribution >= 4 is 41.4 Å². The van der Waals surface area contributed by atoms with Crippen molar-refractivity contribution in [3.05, 3.63) is 65.7 Å². The third-order valence-corrected chi connectivity index (χ3v) is 4.31. The molecule has 0 radical (unpaired) electrons. The zero-order valence-electron chi connectivity index (χ0n) is 16.5. The van der Waals surface area contributed by atoms with Gasteiger partial charge in [0, 0.05) is 6.42 Å². The van der Waals surface area contributed by atoms with Crippen molar-refractivity contribution in [2.75, 3.05) is 0 Å². The summed E-state index contributed by atoms with van der Waals surface area (Å²) in [6.45, 7) is 0.0973. The number of carbonyl (C=O) groups is 5. The average molecular weight is 436 g/mol. The Hall–Kier alpha value is -4.53. The monoisotopic (exact) mass is 436 g/mol. The van der Waals surface area contributed by atoms with Crippen LogP contribution in [0.2, 0.25) is 0 Å². The molecule has 0 aromatic heterocycles. The average Bonchev–Trinajstić information content (AvgIpc) is 2.78. The van der Waals surface area contributed by atoms with Gasteiger partial charge < -0.3 is 24.1 Å². The van der Waals surface area contributed by atoms with Crippen LogP contribution in [0.15, 0.2) is 54.6 Å². The zero-order chi connectivity index (χ0) is 23.1. The second kappa shape index (κ2) is 9.98. The van der Waals surface area contributed by atoms with Gasteiger partial charge in [-0.1, -0.05) is 12.1 Å². The molecule has 162 valence electrons. The van der Waals surface area contributed by atoms with Gasteiger partial charge in [0.05, 0.1) is 12.0 Å². The molecule has 9 heteroatoms. The molecule has 3 aromatic rings. The predicted molar refractivity (Wildman–Crippen MR) is 110 cm³/mol. The van der Waals surface area contributed by atoms with Crippen molar-refractivity contribution in [3.8, 4) is 17.2 Å². The van der Waals surface area contributed by atoms with Crippen molar-refractivity contribution in [2.24, 2.45) is 0 Å². The number of hydrogen-bond donors (Lipinski definition) is 1. The molecule has 0 fully saturated rings. The molecule has 0 saturated carbocycles. The maximum Gasteiger partial charge on any atom is 0.343 e. The normalized spacial score (nSPS) is 10.2. The number of ether oxygens (including phenoxy) is 3. The highest BCUT2D eigenvalue weighted by atomic mass is 16.5. The molecule has 3 rings (SSSR count). The van der Waals surface area contributed by atoms with Gasteiger partial charge >= 0.3 is 17.9 Å². The lowest BCUT2D eigenvalue weighted by Gasteiger charge is -2.09. The van der Waals surface area contributed by atoms with Crippen LogP contribution in [-0.4, -0.2) is 35.8 Å². The molecule has 0 unspecified atom stereocenters. The van der Waals surface area contributed by atoms with Crippen molar-refractivity contribution in [1.82, 2.24) is 0 Å². The Balaban J connectivity index is 1.77. The molecule has 32 heavy (non-hydrogen) atoms. The van der Waals surface area contributed by atoms with Crippen LogP contribution in [0, 0.1) is 0 Å². The molecule has 0 heterocycles. The number of fused-ring (bicyclic) bond motifs is 1. The summed E-state index contributed by atoms with van der Waals surface area (Å²) >= 11 is 0. The molecule has 0 saturated heterocycles. The summed E-state index contributed by atoms with van der Waals surface area (Å²) in [4.78, 5) is 56.3. The number of hydrogen-bond acceptors (Lipinski definition) is 8. The van der Waals surface area contributed by atoms with E-state index in [1.807, 2.05) is 0 Å². The summed E-state index contributed by atoms with van der Waals surface area (Å²) < 4.78 is 15.0. The maximum atomic E-state index is 12.5. The fourth-order valence-electron chi connectivity index (χ4n) is 2.83. The SMILES string of the molecule is O=CCCC(=O)Oc1ccc2cc(C(=O)Oc3ccc(OC=O)c(C(=O)O)c3)ccc2c1. The van der Waals surface area contributed by atoms with E-state index in [-0.39, 0.29) is 41.9 Å². The molecule has 0 aliphatic carbocycles. The molecule has 0 amide bonds.